The average molecular weight is 324 g/mol. The maximum absolute atomic E-state index is 6.07. The average Bonchev–Trinajstić information content (AvgIpc) is 2.38. The van der Waals surface area contributed by atoms with Crippen molar-refractivity contribution in [2.45, 2.75) is 23.7 Å². The fourth-order valence-corrected chi connectivity index (χ4v) is 2.58. The minimum Gasteiger partial charge on any atom is -0.305 e. The molecular formula is C14H21Cl3N2. The van der Waals surface area contributed by atoms with Crippen LogP contribution < -0.4 is 5.32 Å². The number of nitrogens with zero attached hydrogens (tertiary/aromatic N) is 1. The van der Waals surface area contributed by atoms with E-state index >= 15 is 0 Å². The van der Waals surface area contributed by atoms with Crippen molar-refractivity contribution in [3.63, 3.8) is 0 Å². The summed E-state index contributed by atoms with van der Waals surface area (Å²) in [4.78, 5) is 2.33. The van der Waals surface area contributed by atoms with E-state index in [1.54, 1.807) is 0 Å². The van der Waals surface area contributed by atoms with E-state index in [1.807, 2.05) is 30.3 Å². The van der Waals surface area contributed by atoms with Gasteiger partial charge in [-0.2, -0.15) is 0 Å². The molecular weight excluding hydrogens is 303 g/mol. The molecule has 0 aliphatic rings. The smallest absolute Gasteiger partial charge is 0.209 e. The van der Waals surface area contributed by atoms with E-state index < -0.39 is 3.79 Å². The van der Waals surface area contributed by atoms with E-state index in [9.17, 15) is 0 Å². The summed E-state index contributed by atoms with van der Waals surface area (Å²) in [5.41, 5.74) is 0.988. The minimum absolute atomic E-state index is 0.297. The maximum Gasteiger partial charge on any atom is 0.209 e. The van der Waals surface area contributed by atoms with Crippen LogP contribution in [0, 0.1) is 0 Å². The summed E-state index contributed by atoms with van der Waals surface area (Å²) < 4.78 is -1.36. The molecule has 0 spiro atoms. The molecule has 1 N–H and O–H groups in total. The van der Waals surface area contributed by atoms with Crippen molar-refractivity contribution in [3.05, 3.63) is 35.9 Å². The molecule has 0 saturated carbocycles. The third-order valence-electron chi connectivity index (χ3n) is 3.13. The normalized spacial score (nSPS) is 13.8. The number of alkyl halides is 3. The first-order chi connectivity index (χ1) is 8.99. The summed E-state index contributed by atoms with van der Waals surface area (Å²) in [6, 6.07) is 9.49. The number of halogens is 3. The second-order valence-corrected chi connectivity index (χ2v) is 6.74. The van der Waals surface area contributed by atoms with Crippen LogP contribution in [0.15, 0.2) is 30.3 Å². The van der Waals surface area contributed by atoms with E-state index in [4.69, 9.17) is 34.8 Å². The molecule has 0 aromatic heterocycles. The van der Waals surface area contributed by atoms with Gasteiger partial charge in [-0.05, 0) is 18.7 Å². The molecule has 0 aliphatic heterocycles. The number of likely N-dealkylation sites (N-methyl/N-ethyl adjacent to an activating group) is 1. The second kappa shape index (κ2) is 8.33. The predicted octanol–water partition coefficient (Wildman–Crippen LogP) is 4.03. The van der Waals surface area contributed by atoms with Crippen molar-refractivity contribution in [3.8, 4) is 0 Å². The van der Waals surface area contributed by atoms with Gasteiger partial charge in [-0.1, -0.05) is 79.0 Å². The second-order valence-electron chi connectivity index (χ2n) is 4.37. The van der Waals surface area contributed by atoms with Gasteiger partial charge in [-0.25, -0.2) is 0 Å². The summed E-state index contributed by atoms with van der Waals surface area (Å²) in [5.74, 6) is 0. The van der Waals surface area contributed by atoms with Crippen LogP contribution in [-0.4, -0.2) is 34.9 Å². The van der Waals surface area contributed by atoms with Crippen LogP contribution in [0.5, 0.6) is 0 Å². The van der Waals surface area contributed by atoms with Gasteiger partial charge in [0.2, 0.25) is 3.79 Å². The van der Waals surface area contributed by atoms with Crippen molar-refractivity contribution in [1.29, 1.82) is 0 Å². The molecule has 0 amide bonds. The van der Waals surface area contributed by atoms with Gasteiger partial charge in [0, 0.05) is 13.1 Å². The molecule has 1 atom stereocenters. The van der Waals surface area contributed by atoms with E-state index in [0.717, 1.165) is 31.7 Å². The van der Waals surface area contributed by atoms with E-state index in [-0.39, 0.29) is 6.04 Å². The minimum atomic E-state index is -1.36. The number of hydrogen-bond donors (Lipinski definition) is 1. The standard InChI is InChI=1S/C14H21Cl3N2/c1-3-19(4-2)11-10-18-13(14(15,16)17)12-8-6-5-7-9-12/h5-9,13,18H,3-4,10-11H2,1-2H3/t13-/m1/s1. The molecule has 1 rings (SSSR count). The molecule has 2 nitrogen and oxygen atoms in total. The highest BCUT2D eigenvalue weighted by Gasteiger charge is 2.33. The van der Waals surface area contributed by atoms with Gasteiger partial charge < -0.3 is 10.2 Å². The van der Waals surface area contributed by atoms with Crippen molar-refractivity contribution in [2.75, 3.05) is 26.2 Å². The topological polar surface area (TPSA) is 15.3 Å². The summed E-state index contributed by atoms with van der Waals surface area (Å²) >= 11 is 18.2. The fraction of sp³-hybridized carbons (Fsp3) is 0.571. The highest BCUT2D eigenvalue weighted by molar-refractivity contribution is 6.68. The van der Waals surface area contributed by atoms with Gasteiger partial charge in [0.15, 0.2) is 0 Å². The number of benzene rings is 1. The summed E-state index contributed by atoms with van der Waals surface area (Å²) in [7, 11) is 0. The Kier molecular flexibility index (Phi) is 7.48. The molecule has 108 valence electrons. The highest BCUT2D eigenvalue weighted by atomic mass is 35.6. The summed E-state index contributed by atoms with van der Waals surface area (Å²) in [5, 5.41) is 3.34. The van der Waals surface area contributed by atoms with Crippen LogP contribution in [0.3, 0.4) is 0 Å². The van der Waals surface area contributed by atoms with E-state index in [0.29, 0.717) is 0 Å². The molecule has 0 bridgehead atoms. The molecule has 0 unspecified atom stereocenters. The Bertz CT molecular complexity index is 347. The monoisotopic (exact) mass is 322 g/mol. The first kappa shape index (κ1) is 17.1. The third-order valence-corrected chi connectivity index (χ3v) is 3.79. The molecule has 5 heteroatoms. The zero-order valence-corrected chi connectivity index (χ0v) is 13.6. The largest absolute Gasteiger partial charge is 0.305 e. The Morgan fingerprint density at radius 1 is 1.11 bits per heavy atom. The number of hydrogen-bond acceptors (Lipinski definition) is 2. The molecule has 0 heterocycles. The first-order valence-corrected chi connectivity index (χ1v) is 7.69. The quantitative estimate of drug-likeness (QED) is 0.762. The molecule has 0 aliphatic carbocycles. The molecule has 0 fully saturated rings. The van der Waals surface area contributed by atoms with Crippen molar-refractivity contribution in [2.24, 2.45) is 0 Å². The van der Waals surface area contributed by atoms with Crippen LogP contribution >= 0.6 is 34.8 Å². The lowest BCUT2D eigenvalue weighted by Crippen LogP contribution is -2.38. The lowest BCUT2D eigenvalue weighted by Gasteiger charge is -2.27. The molecule has 19 heavy (non-hydrogen) atoms. The Morgan fingerprint density at radius 3 is 2.16 bits per heavy atom. The molecule has 0 saturated heterocycles. The highest BCUT2D eigenvalue weighted by Crippen LogP contribution is 2.39. The SMILES string of the molecule is CCN(CC)CCN[C@H](c1ccccc1)C(Cl)(Cl)Cl. The van der Waals surface area contributed by atoms with Gasteiger partial charge in [0.25, 0.3) is 0 Å². The Morgan fingerprint density at radius 2 is 1.68 bits per heavy atom. The molecule has 0 radical (unpaired) electrons. The van der Waals surface area contributed by atoms with Crippen LogP contribution in [0.25, 0.3) is 0 Å². The first-order valence-electron chi connectivity index (χ1n) is 6.56. The van der Waals surface area contributed by atoms with Crippen molar-refractivity contribution >= 4 is 34.8 Å². The third kappa shape index (κ3) is 5.88. The number of rotatable bonds is 7. The van der Waals surface area contributed by atoms with Crippen LogP contribution in [0.1, 0.15) is 25.5 Å². The Balaban J connectivity index is 2.62. The van der Waals surface area contributed by atoms with Crippen molar-refractivity contribution < 1.29 is 0 Å². The van der Waals surface area contributed by atoms with Gasteiger partial charge in [0.05, 0.1) is 6.04 Å². The van der Waals surface area contributed by atoms with Gasteiger partial charge in [-0.3, -0.25) is 0 Å². The van der Waals surface area contributed by atoms with Crippen LogP contribution in [0.4, 0.5) is 0 Å². The summed E-state index contributed by atoms with van der Waals surface area (Å²) in [6.07, 6.45) is 0. The van der Waals surface area contributed by atoms with E-state index in [1.165, 1.54) is 0 Å². The van der Waals surface area contributed by atoms with Gasteiger partial charge in [-0.15, -0.1) is 0 Å². The van der Waals surface area contributed by atoms with Crippen molar-refractivity contribution in [1.82, 2.24) is 10.2 Å². The van der Waals surface area contributed by atoms with E-state index in [2.05, 4.69) is 24.1 Å². The zero-order chi connectivity index (χ0) is 14.3. The fourth-order valence-electron chi connectivity index (χ4n) is 1.97. The lowest BCUT2D eigenvalue weighted by molar-refractivity contribution is 0.296. The molecule has 1 aromatic rings. The summed E-state index contributed by atoms with van der Waals surface area (Å²) in [6.45, 7) is 8.08. The Labute approximate surface area is 131 Å². The molecule has 1 aromatic carbocycles. The predicted molar refractivity (Wildman–Crippen MR) is 85.3 cm³/mol. The lowest BCUT2D eigenvalue weighted by atomic mass is 10.1. The Hall–Kier alpha value is 0.01000. The zero-order valence-electron chi connectivity index (χ0n) is 11.4. The van der Waals surface area contributed by atoms with Crippen LogP contribution in [0.2, 0.25) is 0 Å². The number of nitrogens with one attached hydrogen (secondary N) is 1. The van der Waals surface area contributed by atoms with Gasteiger partial charge >= 0.3 is 0 Å². The van der Waals surface area contributed by atoms with Gasteiger partial charge in [0.1, 0.15) is 0 Å². The maximum atomic E-state index is 6.07. The van der Waals surface area contributed by atoms with Crippen LogP contribution in [-0.2, 0) is 0 Å².